The SMILES string of the molecule is O=C1CCCN1C1COCCN1. The molecule has 2 fully saturated rings. The molecular formula is C8H14N2O2. The van der Waals surface area contributed by atoms with Crippen LogP contribution in [0.2, 0.25) is 0 Å². The van der Waals surface area contributed by atoms with E-state index in [9.17, 15) is 4.79 Å². The van der Waals surface area contributed by atoms with Crippen molar-refractivity contribution in [1.29, 1.82) is 0 Å². The average Bonchev–Trinajstić information content (AvgIpc) is 2.53. The van der Waals surface area contributed by atoms with Gasteiger partial charge in [0.2, 0.25) is 5.91 Å². The lowest BCUT2D eigenvalue weighted by atomic mass is 10.4. The molecule has 0 bridgehead atoms. The fourth-order valence-corrected chi connectivity index (χ4v) is 1.75. The van der Waals surface area contributed by atoms with Gasteiger partial charge >= 0.3 is 0 Å². The Balaban J connectivity index is 1.93. The maximum Gasteiger partial charge on any atom is 0.223 e. The van der Waals surface area contributed by atoms with Crippen LogP contribution in [0.1, 0.15) is 12.8 Å². The monoisotopic (exact) mass is 170 g/mol. The van der Waals surface area contributed by atoms with E-state index in [0.717, 1.165) is 26.1 Å². The van der Waals surface area contributed by atoms with Gasteiger partial charge in [0.1, 0.15) is 6.17 Å². The highest BCUT2D eigenvalue weighted by atomic mass is 16.5. The Kier molecular flexibility index (Phi) is 2.28. The highest BCUT2D eigenvalue weighted by Crippen LogP contribution is 2.13. The summed E-state index contributed by atoms with van der Waals surface area (Å²) >= 11 is 0. The summed E-state index contributed by atoms with van der Waals surface area (Å²) in [5.41, 5.74) is 0. The van der Waals surface area contributed by atoms with Gasteiger partial charge in [-0.1, -0.05) is 0 Å². The molecule has 2 aliphatic rings. The third-order valence-electron chi connectivity index (χ3n) is 2.39. The van der Waals surface area contributed by atoms with Crippen LogP contribution in [0.5, 0.6) is 0 Å². The zero-order valence-electron chi connectivity index (χ0n) is 7.08. The second-order valence-corrected chi connectivity index (χ2v) is 3.24. The third kappa shape index (κ3) is 1.44. The average molecular weight is 170 g/mol. The van der Waals surface area contributed by atoms with E-state index in [1.807, 2.05) is 4.90 Å². The highest BCUT2D eigenvalue weighted by Gasteiger charge is 2.28. The summed E-state index contributed by atoms with van der Waals surface area (Å²) in [7, 11) is 0. The van der Waals surface area contributed by atoms with Crippen LogP contribution in [0.3, 0.4) is 0 Å². The van der Waals surface area contributed by atoms with Gasteiger partial charge in [0.15, 0.2) is 0 Å². The van der Waals surface area contributed by atoms with Crippen LogP contribution in [-0.2, 0) is 9.53 Å². The molecule has 0 radical (unpaired) electrons. The van der Waals surface area contributed by atoms with Crippen LogP contribution in [0.25, 0.3) is 0 Å². The molecule has 12 heavy (non-hydrogen) atoms. The first-order chi connectivity index (χ1) is 5.88. The minimum absolute atomic E-state index is 0.133. The second kappa shape index (κ2) is 3.41. The van der Waals surface area contributed by atoms with Crippen LogP contribution in [0, 0.1) is 0 Å². The predicted octanol–water partition coefficient (Wildman–Crippen LogP) is -0.445. The smallest absolute Gasteiger partial charge is 0.223 e. The number of morpholine rings is 1. The van der Waals surface area contributed by atoms with E-state index >= 15 is 0 Å². The van der Waals surface area contributed by atoms with Crippen LogP contribution in [0.4, 0.5) is 0 Å². The first-order valence-electron chi connectivity index (χ1n) is 4.48. The van der Waals surface area contributed by atoms with Crippen molar-refractivity contribution < 1.29 is 9.53 Å². The van der Waals surface area contributed by atoms with Gasteiger partial charge in [-0.25, -0.2) is 0 Å². The van der Waals surface area contributed by atoms with Gasteiger partial charge in [0.25, 0.3) is 0 Å². The maximum atomic E-state index is 11.3. The van der Waals surface area contributed by atoms with E-state index in [1.165, 1.54) is 0 Å². The van der Waals surface area contributed by atoms with Gasteiger partial charge in [0, 0.05) is 19.5 Å². The predicted molar refractivity (Wildman–Crippen MR) is 43.6 cm³/mol. The van der Waals surface area contributed by atoms with Gasteiger partial charge in [-0.15, -0.1) is 0 Å². The topological polar surface area (TPSA) is 41.6 Å². The second-order valence-electron chi connectivity index (χ2n) is 3.24. The summed E-state index contributed by atoms with van der Waals surface area (Å²) < 4.78 is 5.29. The lowest BCUT2D eigenvalue weighted by molar-refractivity contribution is -0.132. The van der Waals surface area contributed by atoms with E-state index in [-0.39, 0.29) is 12.1 Å². The van der Waals surface area contributed by atoms with E-state index in [0.29, 0.717) is 13.0 Å². The Morgan fingerprint density at radius 3 is 3.08 bits per heavy atom. The normalized spacial score (nSPS) is 31.2. The molecule has 1 amide bonds. The van der Waals surface area contributed by atoms with Gasteiger partial charge < -0.3 is 9.64 Å². The highest BCUT2D eigenvalue weighted by molar-refractivity contribution is 5.78. The van der Waals surface area contributed by atoms with Gasteiger partial charge in [-0.2, -0.15) is 0 Å². The molecule has 1 unspecified atom stereocenters. The number of carbonyl (C=O) groups is 1. The number of nitrogens with one attached hydrogen (secondary N) is 1. The molecule has 4 heteroatoms. The van der Waals surface area contributed by atoms with Crippen molar-refractivity contribution in [3.8, 4) is 0 Å². The number of nitrogens with zero attached hydrogens (tertiary/aromatic N) is 1. The Hall–Kier alpha value is -0.610. The number of amides is 1. The fraction of sp³-hybridized carbons (Fsp3) is 0.875. The number of rotatable bonds is 1. The zero-order valence-corrected chi connectivity index (χ0v) is 7.08. The molecule has 68 valence electrons. The fourth-order valence-electron chi connectivity index (χ4n) is 1.75. The molecule has 1 atom stereocenters. The molecule has 0 aromatic carbocycles. The molecule has 0 saturated carbocycles. The Morgan fingerprint density at radius 2 is 2.50 bits per heavy atom. The first-order valence-corrected chi connectivity index (χ1v) is 4.48. The number of likely N-dealkylation sites (tertiary alicyclic amines) is 1. The van der Waals surface area contributed by atoms with Crippen molar-refractivity contribution in [2.75, 3.05) is 26.3 Å². The van der Waals surface area contributed by atoms with Crippen molar-refractivity contribution in [1.82, 2.24) is 10.2 Å². The number of hydrogen-bond acceptors (Lipinski definition) is 3. The molecule has 1 N–H and O–H groups in total. The standard InChI is InChI=1S/C8H14N2O2/c11-8-2-1-4-10(8)7-6-12-5-3-9-7/h7,9H,1-6H2. The largest absolute Gasteiger partial charge is 0.377 e. The van der Waals surface area contributed by atoms with Gasteiger partial charge in [0.05, 0.1) is 13.2 Å². The van der Waals surface area contributed by atoms with E-state index in [4.69, 9.17) is 4.74 Å². The quantitative estimate of drug-likeness (QED) is 0.580. The Morgan fingerprint density at radius 1 is 1.58 bits per heavy atom. The van der Waals surface area contributed by atoms with Crippen molar-refractivity contribution in [3.63, 3.8) is 0 Å². The van der Waals surface area contributed by atoms with Crippen LogP contribution < -0.4 is 5.32 Å². The van der Waals surface area contributed by atoms with Crippen LogP contribution in [0.15, 0.2) is 0 Å². The Labute approximate surface area is 71.9 Å². The van der Waals surface area contributed by atoms with Gasteiger partial charge in [-0.05, 0) is 6.42 Å². The molecule has 0 spiro atoms. The minimum atomic E-state index is 0.133. The van der Waals surface area contributed by atoms with Crippen molar-refractivity contribution in [2.24, 2.45) is 0 Å². The van der Waals surface area contributed by atoms with Crippen molar-refractivity contribution >= 4 is 5.91 Å². The number of carbonyl (C=O) groups excluding carboxylic acids is 1. The van der Waals surface area contributed by atoms with E-state index < -0.39 is 0 Å². The molecule has 2 rings (SSSR count). The first kappa shape index (κ1) is 8.01. The van der Waals surface area contributed by atoms with Gasteiger partial charge in [-0.3, -0.25) is 10.1 Å². The molecule has 0 aliphatic carbocycles. The molecule has 2 saturated heterocycles. The lowest BCUT2D eigenvalue weighted by Crippen LogP contribution is -2.53. The molecular weight excluding hydrogens is 156 g/mol. The molecule has 0 aromatic heterocycles. The summed E-state index contributed by atoms with van der Waals surface area (Å²) in [5.74, 6) is 0.262. The van der Waals surface area contributed by atoms with E-state index in [1.54, 1.807) is 0 Å². The molecule has 2 aliphatic heterocycles. The molecule has 2 heterocycles. The summed E-state index contributed by atoms with van der Waals surface area (Å²) in [6, 6.07) is 0. The lowest BCUT2D eigenvalue weighted by Gasteiger charge is -2.31. The summed E-state index contributed by atoms with van der Waals surface area (Å²) in [6.45, 7) is 3.15. The maximum absolute atomic E-state index is 11.3. The summed E-state index contributed by atoms with van der Waals surface area (Å²) in [6.07, 6.45) is 1.84. The number of hydrogen-bond donors (Lipinski definition) is 1. The van der Waals surface area contributed by atoms with Crippen molar-refractivity contribution in [2.45, 2.75) is 19.0 Å². The molecule has 4 nitrogen and oxygen atoms in total. The zero-order chi connectivity index (χ0) is 8.39. The summed E-state index contributed by atoms with van der Waals surface area (Å²) in [4.78, 5) is 13.2. The molecule has 0 aromatic rings. The Bertz CT molecular complexity index is 178. The van der Waals surface area contributed by atoms with E-state index in [2.05, 4.69) is 5.32 Å². The third-order valence-corrected chi connectivity index (χ3v) is 2.39. The number of ether oxygens (including phenoxy) is 1. The van der Waals surface area contributed by atoms with Crippen LogP contribution >= 0.6 is 0 Å². The minimum Gasteiger partial charge on any atom is -0.377 e. The van der Waals surface area contributed by atoms with Crippen molar-refractivity contribution in [3.05, 3.63) is 0 Å². The summed E-state index contributed by atoms with van der Waals surface area (Å²) in [5, 5.41) is 3.27. The van der Waals surface area contributed by atoms with Crippen LogP contribution in [-0.4, -0.2) is 43.3 Å².